The van der Waals surface area contributed by atoms with Crippen LogP contribution < -0.4 is 0 Å². The van der Waals surface area contributed by atoms with E-state index in [4.69, 9.17) is 9.47 Å². The smallest absolute Gasteiger partial charge is 0.310 e. The minimum atomic E-state index is -0.318. The zero-order chi connectivity index (χ0) is 20.4. The Morgan fingerprint density at radius 3 is 1.88 bits per heavy atom. The molecule has 154 valence electrons. The van der Waals surface area contributed by atoms with E-state index in [1.807, 2.05) is 6.92 Å². The molecule has 0 heterocycles. The molecule has 0 spiro atoms. The lowest BCUT2D eigenvalue weighted by Crippen LogP contribution is -2.44. The number of carbonyl (C=O) groups excluding carboxylic acids is 2. The van der Waals surface area contributed by atoms with Gasteiger partial charge in [0.25, 0.3) is 0 Å². The van der Waals surface area contributed by atoms with Crippen molar-refractivity contribution in [3.8, 4) is 0 Å². The van der Waals surface area contributed by atoms with Crippen LogP contribution in [0.1, 0.15) is 86.5 Å². The first kappa shape index (κ1) is 25.4. The van der Waals surface area contributed by atoms with E-state index in [2.05, 4.69) is 50.5 Å². The van der Waals surface area contributed by atoms with Crippen LogP contribution in [-0.4, -0.2) is 30.0 Å². The minimum absolute atomic E-state index is 0.151. The Morgan fingerprint density at radius 1 is 0.962 bits per heavy atom. The number of alkyl halides is 1. The molecular formula is C21H39BrO4. The van der Waals surface area contributed by atoms with Crippen LogP contribution >= 0.6 is 15.9 Å². The first-order valence-electron chi connectivity index (χ1n) is 10.1. The Hall–Kier alpha value is -0.580. The molecule has 0 rings (SSSR count). The highest BCUT2D eigenvalue weighted by molar-refractivity contribution is 9.10. The molecule has 0 N–H and O–H groups in total. The van der Waals surface area contributed by atoms with Gasteiger partial charge in [-0.05, 0) is 43.9 Å². The maximum Gasteiger partial charge on any atom is 0.310 e. The maximum absolute atomic E-state index is 13.0. The van der Waals surface area contributed by atoms with E-state index in [1.54, 1.807) is 0 Å². The van der Waals surface area contributed by atoms with Gasteiger partial charge in [-0.25, -0.2) is 0 Å². The van der Waals surface area contributed by atoms with Gasteiger partial charge in [0.15, 0.2) is 0 Å². The molecule has 0 amide bonds. The summed E-state index contributed by atoms with van der Waals surface area (Å²) >= 11 is 3.86. The van der Waals surface area contributed by atoms with Crippen molar-refractivity contribution in [1.82, 2.24) is 0 Å². The summed E-state index contributed by atoms with van der Waals surface area (Å²) in [5.41, 5.74) is -0.287. The van der Waals surface area contributed by atoms with Crippen molar-refractivity contribution in [2.45, 2.75) is 90.8 Å². The van der Waals surface area contributed by atoms with Gasteiger partial charge in [0, 0.05) is 4.32 Å². The van der Waals surface area contributed by atoms with Gasteiger partial charge in [0.2, 0.25) is 0 Å². The van der Waals surface area contributed by atoms with Gasteiger partial charge >= 0.3 is 11.9 Å². The van der Waals surface area contributed by atoms with E-state index >= 15 is 0 Å². The maximum atomic E-state index is 13.0. The van der Waals surface area contributed by atoms with Gasteiger partial charge in [0.1, 0.15) is 0 Å². The Morgan fingerprint density at radius 2 is 1.50 bits per heavy atom. The summed E-state index contributed by atoms with van der Waals surface area (Å²) in [5, 5.41) is 0. The molecule has 26 heavy (non-hydrogen) atoms. The Kier molecular flexibility index (Phi) is 11.7. The van der Waals surface area contributed by atoms with Crippen molar-refractivity contribution in [1.29, 1.82) is 0 Å². The van der Waals surface area contributed by atoms with Gasteiger partial charge in [0.05, 0.1) is 25.6 Å². The molecule has 0 aromatic rings. The van der Waals surface area contributed by atoms with Gasteiger partial charge in [-0.1, -0.05) is 63.9 Å². The zero-order valence-corrected chi connectivity index (χ0v) is 19.4. The molecule has 2 atom stereocenters. The van der Waals surface area contributed by atoms with Gasteiger partial charge in [-0.3, -0.25) is 9.59 Å². The number of methoxy groups -OCH3 is 1. The monoisotopic (exact) mass is 434 g/mol. The Balaban J connectivity index is 5.78. The third-order valence-corrected chi connectivity index (χ3v) is 7.99. The van der Waals surface area contributed by atoms with Crippen molar-refractivity contribution in [2.24, 2.45) is 17.3 Å². The van der Waals surface area contributed by atoms with Crippen LogP contribution in [0.5, 0.6) is 0 Å². The normalized spacial score (nSPS) is 14.6. The lowest BCUT2D eigenvalue weighted by atomic mass is 9.64. The highest BCUT2D eigenvalue weighted by Crippen LogP contribution is 2.48. The summed E-state index contributed by atoms with van der Waals surface area (Å²) in [7, 11) is 1.43. The number of rotatable bonds is 13. The topological polar surface area (TPSA) is 52.6 Å². The second-order valence-corrected chi connectivity index (χ2v) is 8.91. The SMILES string of the molecule is CCCCOC(=O)[C@H](CC(CC)(CC)C(C)C(=O)OC)C(Br)(CC)CC. The standard InChI is InChI=1S/C21H39BrO4/c1-8-13-14-26-19(24)17(21(22,11-4)12-5)15-20(9-2,10-3)16(6)18(23)25-7/h16-17H,8-15H2,1-7H3/t16?,17-/m0/s1. The molecule has 0 aromatic carbocycles. The van der Waals surface area contributed by atoms with Gasteiger partial charge in [-0.15, -0.1) is 0 Å². The molecule has 0 saturated heterocycles. The average molecular weight is 435 g/mol. The number of hydrogen-bond acceptors (Lipinski definition) is 4. The summed E-state index contributed by atoms with van der Waals surface area (Å²) in [6.07, 6.45) is 5.77. The molecule has 0 aliphatic heterocycles. The Labute approximate surface area is 168 Å². The fourth-order valence-electron chi connectivity index (χ4n) is 3.80. The molecule has 0 aliphatic rings. The van der Waals surface area contributed by atoms with Crippen molar-refractivity contribution in [3.05, 3.63) is 0 Å². The molecule has 0 radical (unpaired) electrons. The fraction of sp³-hybridized carbons (Fsp3) is 0.905. The molecule has 5 heteroatoms. The molecule has 0 saturated carbocycles. The number of carbonyl (C=O) groups is 2. The number of esters is 2. The number of hydrogen-bond donors (Lipinski definition) is 0. The summed E-state index contributed by atoms with van der Waals surface area (Å²) in [4.78, 5) is 25.3. The molecule has 0 bridgehead atoms. The molecule has 0 fully saturated rings. The van der Waals surface area contributed by atoms with Gasteiger partial charge in [-0.2, -0.15) is 0 Å². The predicted octanol–water partition coefficient (Wildman–Crippen LogP) is 5.91. The lowest BCUT2D eigenvalue weighted by Gasteiger charge is -2.43. The summed E-state index contributed by atoms with van der Waals surface area (Å²) in [6.45, 7) is 12.8. The van der Waals surface area contributed by atoms with Crippen molar-refractivity contribution >= 4 is 27.9 Å². The van der Waals surface area contributed by atoms with Crippen LogP contribution in [0.15, 0.2) is 0 Å². The quantitative estimate of drug-likeness (QED) is 0.205. The van der Waals surface area contributed by atoms with E-state index in [0.717, 1.165) is 38.5 Å². The minimum Gasteiger partial charge on any atom is -0.469 e. The van der Waals surface area contributed by atoms with E-state index in [1.165, 1.54) is 7.11 Å². The Bertz CT molecular complexity index is 428. The number of halogens is 1. The summed E-state index contributed by atoms with van der Waals surface area (Å²) in [6, 6.07) is 0. The summed E-state index contributed by atoms with van der Waals surface area (Å²) in [5.74, 6) is -0.914. The van der Waals surface area contributed by atoms with E-state index in [-0.39, 0.29) is 33.5 Å². The third kappa shape index (κ3) is 6.24. The number of ether oxygens (including phenoxy) is 2. The average Bonchev–Trinajstić information content (AvgIpc) is 2.67. The zero-order valence-electron chi connectivity index (χ0n) is 17.8. The van der Waals surface area contributed by atoms with E-state index < -0.39 is 0 Å². The van der Waals surface area contributed by atoms with Gasteiger partial charge < -0.3 is 9.47 Å². The molecule has 1 unspecified atom stereocenters. The molecular weight excluding hydrogens is 396 g/mol. The highest BCUT2D eigenvalue weighted by Gasteiger charge is 2.47. The van der Waals surface area contributed by atoms with Crippen LogP contribution in [-0.2, 0) is 19.1 Å². The van der Waals surface area contributed by atoms with Crippen LogP contribution in [0.3, 0.4) is 0 Å². The van der Waals surface area contributed by atoms with E-state index in [9.17, 15) is 9.59 Å². The number of unbranched alkanes of at least 4 members (excludes halogenated alkanes) is 1. The van der Waals surface area contributed by atoms with Crippen molar-refractivity contribution in [2.75, 3.05) is 13.7 Å². The molecule has 0 aromatic heterocycles. The largest absolute Gasteiger partial charge is 0.469 e. The van der Waals surface area contributed by atoms with Crippen LogP contribution in [0.4, 0.5) is 0 Å². The van der Waals surface area contributed by atoms with Crippen LogP contribution in [0.25, 0.3) is 0 Å². The summed E-state index contributed by atoms with van der Waals surface area (Å²) < 4.78 is 10.3. The van der Waals surface area contributed by atoms with Crippen molar-refractivity contribution in [3.63, 3.8) is 0 Å². The first-order chi connectivity index (χ1) is 12.2. The van der Waals surface area contributed by atoms with Crippen molar-refractivity contribution < 1.29 is 19.1 Å². The molecule has 4 nitrogen and oxygen atoms in total. The van der Waals surface area contributed by atoms with E-state index in [0.29, 0.717) is 13.0 Å². The highest BCUT2D eigenvalue weighted by atomic mass is 79.9. The molecule has 0 aliphatic carbocycles. The fourth-order valence-corrected chi connectivity index (χ4v) is 4.15. The van der Waals surface area contributed by atoms with Crippen LogP contribution in [0, 0.1) is 17.3 Å². The third-order valence-electron chi connectivity index (χ3n) is 6.32. The predicted molar refractivity (Wildman–Crippen MR) is 110 cm³/mol. The second-order valence-electron chi connectivity index (χ2n) is 7.33. The van der Waals surface area contributed by atoms with Crippen LogP contribution in [0.2, 0.25) is 0 Å². The first-order valence-corrected chi connectivity index (χ1v) is 10.9. The second kappa shape index (κ2) is 12.0. The lowest BCUT2D eigenvalue weighted by molar-refractivity contribution is -0.157.